The number of carbonyl (C=O) groups excluding carboxylic acids is 1. The molecule has 26 heavy (non-hydrogen) atoms. The van der Waals surface area contributed by atoms with Gasteiger partial charge in [0.25, 0.3) is 5.91 Å². The lowest BCUT2D eigenvalue weighted by atomic mass is 10.3. The monoisotopic (exact) mass is 397 g/mol. The first-order valence-electron chi connectivity index (χ1n) is 7.74. The number of benzene rings is 1. The lowest BCUT2D eigenvalue weighted by Gasteiger charge is -2.15. The van der Waals surface area contributed by atoms with Crippen LogP contribution in [0.15, 0.2) is 76.1 Å². The number of thiophene rings is 1. The lowest BCUT2D eigenvalue weighted by molar-refractivity contribution is -0.113. The lowest BCUT2D eigenvalue weighted by Crippen LogP contribution is -2.28. The number of amides is 1. The summed E-state index contributed by atoms with van der Waals surface area (Å²) in [7, 11) is 0. The van der Waals surface area contributed by atoms with Gasteiger partial charge in [-0.3, -0.25) is 9.69 Å². The molecule has 4 nitrogen and oxygen atoms in total. The molecule has 0 saturated carbocycles. The van der Waals surface area contributed by atoms with Gasteiger partial charge < -0.3 is 0 Å². The van der Waals surface area contributed by atoms with Crippen molar-refractivity contribution in [3.8, 4) is 0 Å². The van der Waals surface area contributed by atoms with E-state index in [1.807, 2.05) is 53.9 Å². The Morgan fingerprint density at radius 2 is 1.92 bits per heavy atom. The van der Waals surface area contributed by atoms with Crippen molar-refractivity contribution in [1.29, 1.82) is 0 Å². The molecule has 1 amide bonds. The summed E-state index contributed by atoms with van der Waals surface area (Å²) in [6, 6.07) is 16.9. The Morgan fingerprint density at radius 1 is 1.08 bits per heavy atom. The van der Waals surface area contributed by atoms with Crippen molar-refractivity contribution in [3.05, 3.63) is 81.1 Å². The summed E-state index contributed by atoms with van der Waals surface area (Å²) < 4.78 is 0. The van der Waals surface area contributed by atoms with Crippen LogP contribution in [-0.4, -0.2) is 16.1 Å². The fourth-order valence-electron chi connectivity index (χ4n) is 2.42. The van der Waals surface area contributed by atoms with Crippen LogP contribution < -0.4 is 4.90 Å². The summed E-state index contributed by atoms with van der Waals surface area (Å²) in [5.41, 5.74) is 1.29. The van der Waals surface area contributed by atoms with E-state index in [4.69, 9.17) is 11.6 Å². The first-order chi connectivity index (χ1) is 12.7. The second-order valence-corrected chi connectivity index (χ2v) is 7.66. The van der Waals surface area contributed by atoms with Gasteiger partial charge in [-0.25, -0.2) is 9.98 Å². The van der Waals surface area contributed by atoms with E-state index in [0.29, 0.717) is 20.9 Å². The SMILES string of the molecule is O=C1/C(=C\c2cccs2)SC(=Nc2cccnc2Cl)N1c1ccccc1. The van der Waals surface area contributed by atoms with Crippen LogP contribution in [0, 0.1) is 0 Å². The molecule has 1 aliphatic heterocycles. The van der Waals surface area contributed by atoms with Gasteiger partial charge in [0.2, 0.25) is 0 Å². The van der Waals surface area contributed by atoms with Crippen molar-refractivity contribution < 1.29 is 4.79 Å². The van der Waals surface area contributed by atoms with Gasteiger partial charge in [0.15, 0.2) is 10.3 Å². The molecule has 0 radical (unpaired) electrons. The number of anilines is 1. The number of thioether (sulfide) groups is 1. The summed E-state index contributed by atoms with van der Waals surface area (Å²) in [5, 5.41) is 2.84. The number of carbonyl (C=O) groups is 1. The summed E-state index contributed by atoms with van der Waals surface area (Å²) in [4.78, 5) is 24.9. The van der Waals surface area contributed by atoms with Crippen LogP contribution in [0.5, 0.6) is 0 Å². The van der Waals surface area contributed by atoms with E-state index < -0.39 is 0 Å². The standard InChI is InChI=1S/C19H12ClN3OS2/c20-17-15(9-4-10-21-17)22-19-23(13-6-2-1-3-7-13)18(24)16(26-19)12-14-8-5-11-25-14/h1-12H/b16-12+,22-19?. The largest absolute Gasteiger partial charge is 0.271 e. The highest BCUT2D eigenvalue weighted by atomic mass is 35.5. The number of amidine groups is 1. The second-order valence-electron chi connectivity index (χ2n) is 5.31. The summed E-state index contributed by atoms with van der Waals surface area (Å²) in [5.74, 6) is -0.103. The van der Waals surface area contributed by atoms with E-state index in [1.165, 1.54) is 11.8 Å². The van der Waals surface area contributed by atoms with Crippen molar-refractivity contribution in [3.63, 3.8) is 0 Å². The molecule has 0 bridgehead atoms. The predicted octanol–water partition coefficient (Wildman–Crippen LogP) is 5.61. The summed E-state index contributed by atoms with van der Waals surface area (Å²) in [6.45, 7) is 0. The van der Waals surface area contributed by atoms with E-state index in [9.17, 15) is 4.79 Å². The minimum Gasteiger partial charge on any atom is -0.268 e. The molecular weight excluding hydrogens is 386 g/mol. The average Bonchev–Trinajstić information content (AvgIpc) is 3.27. The minimum absolute atomic E-state index is 0.103. The Balaban J connectivity index is 1.80. The first kappa shape index (κ1) is 17.0. The van der Waals surface area contributed by atoms with Crippen LogP contribution in [0.4, 0.5) is 11.4 Å². The molecule has 1 fully saturated rings. The zero-order valence-electron chi connectivity index (χ0n) is 13.4. The van der Waals surface area contributed by atoms with E-state index in [0.717, 1.165) is 10.6 Å². The Labute approximate surface area is 163 Å². The van der Waals surface area contributed by atoms with Crippen LogP contribution in [0.25, 0.3) is 6.08 Å². The Morgan fingerprint density at radius 3 is 2.65 bits per heavy atom. The number of aromatic nitrogens is 1. The molecule has 1 aromatic carbocycles. The van der Waals surface area contributed by atoms with Gasteiger partial charge in [-0.1, -0.05) is 35.9 Å². The van der Waals surface area contributed by atoms with Gasteiger partial charge in [0, 0.05) is 11.1 Å². The highest BCUT2D eigenvalue weighted by Crippen LogP contribution is 2.38. The van der Waals surface area contributed by atoms with Gasteiger partial charge in [0.1, 0.15) is 5.69 Å². The van der Waals surface area contributed by atoms with Gasteiger partial charge in [0.05, 0.1) is 10.6 Å². The summed E-state index contributed by atoms with van der Waals surface area (Å²) in [6.07, 6.45) is 3.50. The smallest absolute Gasteiger partial charge is 0.268 e. The van der Waals surface area contributed by atoms with Gasteiger partial charge in [-0.05, 0) is 53.5 Å². The number of pyridine rings is 1. The highest BCUT2D eigenvalue weighted by Gasteiger charge is 2.34. The third kappa shape index (κ3) is 3.44. The molecule has 0 unspecified atom stereocenters. The molecule has 0 N–H and O–H groups in total. The maximum Gasteiger partial charge on any atom is 0.271 e. The molecule has 2 aromatic heterocycles. The second kappa shape index (κ2) is 7.45. The molecule has 128 valence electrons. The topological polar surface area (TPSA) is 45.6 Å². The third-order valence-corrected chi connectivity index (χ3v) is 5.67. The molecule has 4 rings (SSSR count). The molecule has 7 heteroatoms. The fourth-order valence-corrected chi connectivity index (χ4v) is 4.30. The van der Waals surface area contributed by atoms with Crippen LogP contribution in [0.1, 0.15) is 4.88 Å². The number of para-hydroxylation sites is 1. The highest BCUT2D eigenvalue weighted by molar-refractivity contribution is 8.19. The quantitative estimate of drug-likeness (QED) is 0.426. The van der Waals surface area contributed by atoms with Crippen LogP contribution in [0.3, 0.4) is 0 Å². The molecular formula is C19H12ClN3OS2. The molecule has 0 spiro atoms. The van der Waals surface area contributed by atoms with Gasteiger partial charge >= 0.3 is 0 Å². The minimum atomic E-state index is -0.103. The van der Waals surface area contributed by atoms with Crippen LogP contribution >= 0.6 is 34.7 Å². The maximum atomic E-state index is 13.0. The van der Waals surface area contributed by atoms with Crippen molar-refractivity contribution >= 4 is 63.2 Å². The number of halogens is 1. The molecule has 0 atom stereocenters. The first-order valence-corrected chi connectivity index (χ1v) is 9.81. The number of nitrogens with zero attached hydrogens (tertiary/aromatic N) is 3. The van der Waals surface area contributed by atoms with Crippen molar-refractivity contribution in [1.82, 2.24) is 4.98 Å². The Hall–Kier alpha value is -2.41. The van der Waals surface area contributed by atoms with E-state index >= 15 is 0 Å². The fraction of sp³-hybridized carbons (Fsp3) is 0. The van der Waals surface area contributed by atoms with Crippen molar-refractivity contribution in [2.24, 2.45) is 4.99 Å². The normalized spacial score (nSPS) is 17.4. The molecule has 1 aliphatic rings. The Bertz CT molecular complexity index is 1000. The summed E-state index contributed by atoms with van der Waals surface area (Å²) >= 11 is 9.06. The van der Waals surface area contributed by atoms with Gasteiger partial charge in [-0.15, -0.1) is 11.3 Å². The van der Waals surface area contributed by atoms with Gasteiger partial charge in [-0.2, -0.15) is 0 Å². The Kier molecular flexibility index (Phi) is 4.88. The molecule has 1 saturated heterocycles. The number of rotatable bonds is 3. The molecule has 3 aromatic rings. The number of aliphatic imine (C=N–C) groups is 1. The van der Waals surface area contributed by atoms with E-state index in [1.54, 1.807) is 34.6 Å². The van der Waals surface area contributed by atoms with Crippen LogP contribution in [-0.2, 0) is 4.79 Å². The average molecular weight is 398 g/mol. The zero-order valence-corrected chi connectivity index (χ0v) is 15.8. The van der Waals surface area contributed by atoms with Crippen LogP contribution in [0.2, 0.25) is 5.15 Å². The number of hydrogen-bond acceptors (Lipinski definition) is 5. The molecule has 0 aliphatic carbocycles. The van der Waals surface area contributed by atoms with E-state index in [2.05, 4.69) is 9.98 Å². The number of hydrogen-bond donors (Lipinski definition) is 0. The molecule has 3 heterocycles. The zero-order chi connectivity index (χ0) is 17.9. The van der Waals surface area contributed by atoms with Crippen molar-refractivity contribution in [2.75, 3.05) is 4.90 Å². The third-order valence-electron chi connectivity index (χ3n) is 3.59. The van der Waals surface area contributed by atoms with E-state index in [-0.39, 0.29) is 5.91 Å². The van der Waals surface area contributed by atoms with Crippen molar-refractivity contribution in [2.45, 2.75) is 0 Å². The predicted molar refractivity (Wildman–Crippen MR) is 110 cm³/mol. The maximum absolute atomic E-state index is 13.0.